The Morgan fingerprint density at radius 3 is 2.57 bits per heavy atom. The van der Waals surface area contributed by atoms with Gasteiger partial charge in [-0.3, -0.25) is 10.1 Å². The molecule has 0 aliphatic carbocycles. The molecule has 1 heterocycles. The Kier molecular flexibility index (Phi) is 4.20. The van der Waals surface area contributed by atoms with Crippen molar-refractivity contribution in [2.24, 2.45) is 11.8 Å². The largest absolute Gasteiger partial charge is 0.393 e. The van der Waals surface area contributed by atoms with Crippen LogP contribution in [0.1, 0.15) is 20.3 Å². The molecule has 1 aromatic carbocycles. The van der Waals surface area contributed by atoms with Gasteiger partial charge in [0.15, 0.2) is 4.90 Å². The Hall–Kier alpha value is -1.67. The average molecular weight is 313 g/mol. The van der Waals surface area contributed by atoms with Crippen LogP contribution in [-0.4, -0.2) is 30.7 Å². The van der Waals surface area contributed by atoms with Gasteiger partial charge in [-0.05, 0) is 30.4 Å². The predicted octanol–water partition coefficient (Wildman–Crippen LogP) is 1.84. The van der Waals surface area contributed by atoms with Crippen LogP contribution >= 0.6 is 0 Å². The van der Waals surface area contributed by atoms with Gasteiger partial charge >= 0.3 is 5.69 Å². The van der Waals surface area contributed by atoms with E-state index in [1.54, 1.807) is 0 Å². The molecule has 0 radical (unpaired) electrons. The molecule has 0 amide bonds. The van der Waals surface area contributed by atoms with Crippen molar-refractivity contribution in [2.75, 3.05) is 18.8 Å². The highest BCUT2D eigenvalue weighted by Crippen LogP contribution is 2.34. The van der Waals surface area contributed by atoms with Crippen molar-refractivity contribution in [3.63, 3.8) is 0 Å². The van der Waals surface area contributed by atoms with Crippen molar-refractivity contribution in [3.05, 3.63) is 28.3 Å². The van der Waals surface area contributed by atoms with Gasteiger partial charge in [0.25, 0.3) is 0 Å². The second kappa shape index (κ2) is 5.61. The van der Waals surface area contributed by atoms with Crippen LogP contribution in [0.2, 0.25) is 0 Å². The van der Waals surface area contributed by atoms with Crippen molar-refractivity contribution < 1.29 is 13.3 Å². The van der Waals surface area contributed by atoms with E-state index in [1.165, 1.54) is 22.5 Å². The highest BCUT2D eigenvalue weighted by molar-refractivity contribution is 7.89. The lowest BCUT2D eigenvalue weighted by atomic mass is 9.90. The molecule has 1 aliphatic rings. The van der Waals surface area contributed by atoms with Crippen LogP contribution < -0.4 is 5.73 Å². The highest BCUT2D eigenvalue weighted by Gasteiger charge is 2.36. The number of sulfonamides is 1. The van der Waals surface area contributed by atoms with E-state index in [1.807, 2.05) is 6.92 Å². The third-order valence-corrected chi connectivity index (χ3v) is 6.02. The standard InChI is InChI=1S/C13H19N3O4S/c1-9-6-7-15(8-10(9)2)21(19,20)12-5-3-4-11(14)13(12)16(17)18/h3-5,9-10H,6-8,14H2,1-2H3. The molecule has 7 nitrogen and oxygen atoms in total. The van der Waals surface area contributed by atoms with E-state index in [-0.39, 0.29) is 16.5 Å². The zero-order valence-electron chi connectivity index (χ0n) is 12.0. The Bertz CT molecular complexity index is 659. The van der Waals surface area contributed by atoms with Crippen LogP contribution in [-0.2, 0) is 10.0 Å². The Balaban J connectivity index is 2.46. The topological polar surface area (TPSA) is 107 Å². The molecule has 2 unspecified atom stereocenters. The summed E-state index contributed by atoms with van der Waals surface area (Å²) in [5.41, 5.74) is 4.90. The number of nitrogens with two attached hydrogens (primary N) is 1. The number of nitro groups is 1. The normalized spacial score (nSPS) is 23.9. The molecule has 0 spiro atoms. The predicted molar refractivity (Wildman–Crippen MR) is 79.2 cm³/mol. The van der Waals surface area contributed by atoms with Gasteiger partial charge in [-0.25, -0.2) is 8.42 Å². The van der Waals surface area contributed by atoms with Crippen LogP contribution in [0, 0.1) is 22.0 Å². The van der Waals surface area contributed by atoms with E-state index in [4.69, 9.17) is 5.73 Å². The van der Waals surface area contributed by atoms with Crippen molar-refractivity contribution in [1.29, 1.82) is 0 Å². The zero-order chi connectivity index (χ0) is 15.8. The van der Waals surface area contributed by atoms with Gasteiger partial charge in [-0.2, -0.15) is 4.31 Å². The summed E-state index contributed by atoms with van der Waals surface area (Å²) in [4.78, 5) is 10.1. The van der Waals surface area contributed by atoms with Gasteiger partial charge in [0.1, 0.15) is 5.69 Å². The maximum absolute atomic E-state index is 12.7. The van der Waals surface area contributed by atoms with Crippen LogP contribution in [0.15, 0.2) is 23.1 Å². The molecular weight excluding hydrogens is 294 g/mol. The van der Waals surface area contributed by atoms with E-state index in [9.17, 15) is 18.5 Å². The monoisotopic (exact) mass is 313 g/mol. The lowest BCUT2D eigenvalue weighted by Crippen LogP contribution is -2.42. The maximum Gasteiger partial charge on any atom is 0.312 e. The number of benzene rings is 1. The molecule has 1 aromatic rings. The summed E-state index contributed by atoms with van der Waals surface area (Å²) in [6.07, 6.45) is 0.747. The first kappa shape index (κ1) is 15.7. The molecule has 116 valence electrons. The first-order valence-electron chi connectivity index (χ1n) is 6.78. The lowest BCUT2D eigenvalue weighted by molar-refractivity contribution is -0.386. The molecule has 21 heavy (non-hydrogen) atoms. The molecule has 2 atom stereocenters. The SMILES string of the molecule is CC1CCN(S(=O)(=O)c2cccc(N)c2[N+](=O)[O-])CC1C. The van der Waals surface area contributed by atoms with Crippen molar-refractivity contribution in [1.82, 2.24) is 4.31 Å². The van der Waals surface area contributed by atoms with E-state index in [2.05, 4.69) is 6.92 Å². The van der Waals surface area contributed by atoms with Crippen LogP contribution in [0.25, 0.3) is 0 Å². The number of para-hydroxylation sites is 1. The second-order valence-electron chi connectivity index (χ2n) is 5.56. The number of nitro benzene ring substituents is 1. The molecule has 2 N–H and O–H groups in total. The Labute approximate surface area is 123 Å². The van der Waals surface area contributed by atoms with Crippen LogP contribution in [0.4, 0.5) is 11.4 Å². The minimum absolute atomic E-state index is 0.139. The Morgan fingerprint density at radius 2 is 2.00 bits per heavy atom. The molecular formula is C13H19N3O4S. The quantitative estimate of drug-likeness (QED) is 0.520. The minimum Gasteiger partial charge on any atom is -0.393 e. The molecule has 2 rings (SSSR count). The lowest BCUT2D eigenvalue weighted by Gasteiger charge is -2.34. The second-order valence-corrected chi connectivity index (χ2v) is 7.46. The first-order chi connectivity index (χ1) is 9.75. The van der Waals surface area contributed by atoms with E-state index < -0.39 is 20.6 Å². The van der Waals surface area contributed by atoms with Crippen LogP contribution in [0.3, 0.4) is 0 Å². The van der Waals surface area contributed by atoms with E-state index >= 15 is 0 Å². The third-order valence-electron chi connectivity index (χ3n) is 4.13. The highest BCUT2D eigenvalue weighted by atomic mass is 32.2. The summed E-state index contributed by atoms with van der Waals surface area (Å²) < 4.78 is 26.7. The summed E-state index contributed by atoms with van der Waals surface area (Å²) in [7, 11) is -3.90. The number of nitrogen functional groups attached to an aromatic ring is 1. The molecule has 1 fully saturated rings. The summed E-state index contributed by atoms with van der Waals surface area (Å²) in [6.45, 7) is 4.81. The van der Waals surface area contributed by atoms with Crippen molar-refractivity contribution >= 4 is 21.4 Å². The van der Waals surface area contributed by atoms with Gasteiger partial charge < -0.3 is 5.73 Å². The van der Waals surface area contributed by atoms with E-state index in [0.717, 1.165) is 6.42 Å². The van der Waals surface area contributed by atoms with Gasteiger partial charge in [-0.15, -0.1) is 0 Å². The summed E-state index contributed by atoms with van der Waals surface area (Å²) >= 11 is 0. The summed E-state index contributed by atoms with van der Waals surface area (Å²) in [5.74, 6) is 0.654. The minimum atomic E-state index is -3.90. The van der Waals surface area contributed by atoms with Crippen molar-refractivity contribution in [2.45, 2.75) is 25.2 Å². The molecule has 0 saturated carbocycles. The first-order valence-corrected chi connectivity index (χ1v) is 8.22. The number of anilines is 1. The molecule has 1 saturated heterocycles. The van der Waals surface area contributed by atoms with Gasteiger partial charge in [0.05, 0.1) is 4.92 Å². The fraction of sp³-hybridized carbons (Fsp3) is 0.538. The molecule has 8 heteroatoms. The van der Waals surface area contributed by atoms with Crippen molar-refractivity contribution in [3.8, 4) is 0 Å². The maximum atomic E-state index is 12.7. The summed E-state index contributed by atoms with van der Waals surface area (Å²) in [6, 6.07) is 4.00. The molecule has 0 bridgehead atoms. The third kappa shape index (κ3) is 2.86. The number of rotatable bonds is 3. The Morgan fingerprint density at radius 1 is 1.33 bits per heavy atom. The number of hydrogen-bond donors (Lipinski definition) is 1. The fourth-order valence-corrected chi connectivity index (χ4v) is 4.27. The zero-order valence-corrected chi connectivity index (χ0v) is 12.8. The van der Waals surface area contributed by atoms with Gasteiger partial charge in [-0.1, -0.05) is 19.9 Å². The molecule has 0 aromatic heterocycles. The fourth-order valence-electron chi connectivity index (χ4n) is 2.52. The van der Waals surface area contributed by atoms with Crippen LogP contribution in [0.5, 0.6) is 0 Å². The molecule has 1 aliphatic heterocycles. The number of piperidine rings is 1. The van der Waals surface area contributed by atoms with E-state index in [0.29, 0.717) is 19.0 Å². The van der Waals surface area contributed by atoms with Gasteiger partial charge in [0, 0.05) is 13.1 Å². The number of hydrogen-bond acceptors (Lipinski definition) is 5. The summed E-state index contributed by atoms with van der Waals surface area (Å²) in [5, 5.41) is 11.1. The smallest absolute Gasteiger partial charge is 0.312 e. The number of nitrogens with zero attached hydrogens (tertiary/aromatic N) is 2. The van der Waals surface area contributed by atoms with Gasteiger partial charge in [0.2, 0.25) is 10.0 Å². The average Bonchev–Trinajstić information content (AvgIpc) is 2.41.